The fourth-order valence-electron chi connectivity index (χ4n) is 3.24. The van der Waals surface area contributed by atoms with Crippen molar-refractivity contribution in [1.82, 2.24) is 15.0 Å². The smallest absolute Gasteiger partial charge is 0.280 e. The zero-order chi connectivity index (χ0) is 23.2. The molecular weight excluding hydrogens is 416 g/mol. The molecule has 0 saturated carbocycles. The summed E-state index contributed by atoms with van der Waals surface area (Å²) in [5.74, 6) is 0.460. The molecule has 0 fully saturated rings. The highest BCUT2D eigenvalue weighted by Crippen LogP contribution is 2.22. The lowest BCUT2D eigenvalue weighted by atomic mass is 10.1. The first kappa shape index (κ1) is 22.1. The Labute approximate surface area is 192 Å². The molecule has 2 aromatic carbocycles. The molecule has 2 heterocycles. The molecule has 0 aliphatic rings. The van der Waals surface area contributed by atoms with Crippen LogP contribution in [0.15, 0.2) is 78.2 Å². The molecule has 0 bridgehead atoms. The van der Waals surface area contributed by atoms with E-state index in [0.717, 1.165) is 16.6 Å². The summed E-state index contributed by atoms with van der Waals surface area (Å²) in [6.45, 7) is 6.17. The van der Waals surface area contributed by atoms with Crippen LogP contribution >= 0.6 is 0 Å². The van der Waals surface area contributed by atoms with Crippen LogP contribution in [-0.4, -0.2) is 39.5 Å². The predicted octanol–water partition coefficient (Wildman–Crippen LogP) is 5.10. The first-order valence-electron chi connectivity index (χ1n) is 10.7. The standard InChI is InChI=1S/C26H24N4O3/c1-4-32-26(30-25(31)20-9-11-22-23(15-20)28-14-13-27-22)19-7-5-18(6-8-19)21-10-12-24(29-16-21)33-17(2)3/h5-17H,4H2,1-3H3. The predicted molar refractivity (Wildman–Crippen MR) is 127 cm³/mol. The molecule has 7 nitrogen and oxygen atoms in total. The van der Waals surface area contributed by atoms with Crippen LogP contribution in [-0.2, 0) is 4.74 Å². The quantitative estimate of drug-likeness (QED) is 0.306. The molecule has 0 aliphatic heterocycles. The molecule has 1 amide bonds. The second-order valence-electron chi connectivity index (χ2n) is 7.54. The maximum absolute atomic E-state index is 12.8. The summed E-state index contributed by atoms with van der Waals surface area (Å²) in [5, 5.41) is 0. The average molecular weight is 441 g/mol. The van der Waals surface area contributed by atoms with Crippen molar-refractivity contribution in [1.29, 1.82) is 0 Å². The number of pyridine rings is 1. The van der Waals surface area contributed by atoms with Gasteiger partial charge in [-0.1, -0.05) is 12.1 Å². The number of nitrogens with zero attached hydrogens (tertiary/aromatic N) is 4. The summed E-state index contributed by atoms with van der Waals surface area (Å²) in [6.07, 6.45) is 5.05. The Morgan fingerprint density at radius 1 is 0.879 bits per heavy atom. The molecule has 2 aromatic heterocycles. The molecule has 4 rings (SSSR count). The van der Waals surface area contributed by atoms with Gasteiger partial charge in [-0.15, -0.1) is 0 Å². The van der Waals surface area contributed by atoms with E-state index in [1.54, 1.807) is 36.8 Å². The minimum absolute atomic E-state index is 0.0733. The van der Waals surface area contributed by atoms with Gasteiger partial charge in [0.1, 0.15) is 0 Å². The third-order valence-corrected chi connectivity index (χ3v) is 4.76. The Morgan fingerprint density at radius 3 is 2.24 bits per heavy atom. The molecule has 0 saturated heterocycles. The number of hydrogen-bond donors (Lipinski definition) is 0. The van der Waals surface area contributed by atoms with Crippen molar-refractivity contribution >= 4 is 22.8 Å². The minimum Gasteiger partial charge on any atom is -0.477 e. The normalized spacial score (nSPS) is 11.6. The number of carbonyl (C=O) groups is 1. The van der Waals surface area contributed by atoms with Gasteiger partial charge in [-0.2, -0.15) is 4.99 Å². The lowest BCUT2D eigenvalue weighted by molar-refractivity contribution is 0.0999. The van der Waals surface area contributed by atoms with E-state index < -0.39 is 5.91 Å². The Kier molecular flexibility index (Phi) is 6.69. The second kappa shape index (κ2) is 9.99. The third-order valence-electron chi connectivity index (χ3n) is 4.76. The summed E-state index contributed by atoms with van der Waals surface area (Å²) in [7, 11) is 0. The van der Waals surface area contributed by atoms with Crippen molar-refractivity contribution in [3.63, 3.8) is 0 Å². The van der Waals surface area contributed by atoms with Gasteiger partial charge in [-0.3, -0.25) is 14.8 Å². The van der Waals surface area contributed by atoms with Crippen molar-refractivity contribution < 1.29 is 14.3 Å². The van der Waals surface area contributed by atoms with Gasteiger partial charge in [0.15, 0.2) is 0 Å². The maximum atomic E-state index is 12.8. The zero-order valence-corrected chi connectivity index (χ0v) is 18.7. The number of carbonyl (C=O) groups excluding carboxylic acids is 1. The van der Waals surface area contributed by atoms with E-state index in [1.165, 1.54) is 0 Å². The van der Waals surface area contributed by atoms with Crippen LogP contribution in [0.25, 0.3) is 22.2 Å². The van der Waals surface area contributed by atoms with Gasteiger partial charge in [-0.25, -0.2) is 4.98 Å². The molecule has 0 aliphatic carbocycles. The number of aromatic nitrogens is 3. The van der Waals surface area contributed by atoms with Crippen LogP contribution in [0.3, 0.4) is 0 Å². The van der Waals surface area contributed by atoms with Crippen LogP contribution in [0, 0.1) is 0 Å². The first-order valence-corrected chi connectivity index (χ1v) is 10.7. The lowest BCUT2D eigenvalue weighted by Crippen LogP contribution is -2.10. The van der Waals surface area contributed by atoms with Gasteiger partial charge in [0.05, 0.1) is 23.7 Å². The minimum atomic E-state index is -0.403. The van der Waals surface area contributed by atoms with Crippen LogP contribution < -0.4 is 4.74 Å². The Morgan fingerprint density at radius 2 is 1.58 bits per heavy atom. The first-order chi connectivity index (χ1) is 16.0. The number of benzene rings is 2. The SMILES string of the molecule is CCOC(=NC(=O)c1ccc2nccnc2c1)c1ccc(-c2ccc(OC(C)C)nc2)cc1. The van der Waals surface area contributed by atoms with Crippen LogP contribution in [0.2, 0.25) is 0 Å². The van der Waals surface area contributed by atoms with Crippen molar-refractivity contribution in [3.05, 3.63) is 84.3 Å². The molecule has 166 valence electrons. The van der Waals surface area contributed by atoms with Gasteiger partial charge in [0.25, 0.3) is 5.91 Å². The molecule has 0 spiro atoms. The monoisotopic (exact) mass is 440 g/mol. The topological polar surface area (TPSA) is 86.6 Å². The molecule has 0 radical (unpaired) electrons. The number of amides is 1. The number of fused-ring (bicyclic) bond motifs is 1. The van der Waals surface area contributed by atoms with E-state index in [-0.39, 0.29) is 12.0 Å². The number of ether oxygens (including phenoxy) is 2. The maximum Gasteiger partial charge on any atom is 0.280 e. The Balaban J connectivity index is 1.56. The van der Waals surface area contributed by atoms with Gasteiger partial charge >= 0.3 is 0 Å². The lowest BCUT2D eigenvalue weighted by Gasteiger charge is -2.10. The van der Waals surface area contributed by atoms with Crippen LogP contribution in [0.5, 0.6) is 5.88 Å². The number of rotatable bonds is 6. The van der Waals surface area contributed by atoms with E-state index in [1.807, 2.05) is 57.2 Å². The Hall–Kier alpha value is -4.13. The van der Waals surface area contributed by atoms with Gasteiger partial charge in [0.2, 0.25) is 11.8 Å². The van der Waals surface area contributed by atoms with Gasteiger partial charge in [0, 0.05) is 41.3 Å². The molecule has 4 aromatic rings. The van der Waals surface area contributed by atoms with Crippen molar-refractivity contribution in [2.45, 2.75) is 26.9 Å². The largest absolute Gasteiger partial charge is 0.477 e. The highest BCUT2D eigenvalue weighted by Gasteiger charge is 2.12. The summed E-state index contributed by atoms with van der Waals surface area (Å²) in [5.41, 5.74) is 4.43. The number of aliphatic imine (C=N–C) groups is 1. The highest BCUT2D eigenvalue weighted by molar-refractivity contribution is 6.08. The third kappa shape index (κ3) is 5.38. The fraction of sp³-hybridized carbons (Fsp3) is 0.192. The summed E-state index contributed by atoms with van der Waals surface area (Å²) in [4.78, 5) is 29.9. The molecule has 7 heteroatoms. The second-order valence-corrected chi connectivity index (χ2v) is 7.54. The molecule has 0 atom stereocenters. The molecule has 33 heavy (non-hydrogen) atoms. The van der Waals surface area contributed by atoms with Crippen molar-refractivity contribution in [3.8, 4) is 17.0 Å². The van der Waals surface area contributed by atoms with E-state index in [0.29, 0.717) is 29.1 Å². The van der Waals surface area contributed by atoms with Gasteiger partial charge < -0.3 is 9.47 Å². The molecular formula is C26H24N4O3. The van der Waals surface area contributed by atoms with Crippen molar-refractivity contribution in [2.24, 2.45) is 4.99 Å². The van der Waals surface area contributed by atoms with Crippen LogP contribution in [0.4, 0.5) is 0 Å². The summed E-state index contributed by atoms with van der Waals surface area (Å²) >= 11 is 0. The van der Waals surface area contributed by atoms with Gasteiger partial charge in [-0.05, 0) is 62.7 Å². The molecule has 0 N–H and O–H groups in total. The molecule has 0 unspecified atom stereocenters. The van der Waals surface area contributed by atoms with E-state index >= 15 is 0 Å². The summed E-state index contributed by atoms with van der Waals surface area (Å²) in [6, 6.07) is 16.6. The average Bonchev–Trinajstić information content (AvgIpc) is 2.83. The van der Waals surface area contributed by atoms with Crippen LogP contribution in [0.1, 0.15) is 36.7 Å². The van der Waals surface area contributed by atoms with E-state index in [9.17, 15) is 4.79 Å². The summed E-state index contributed by atoms with van der Waals surface area (Å²) < 4.78 is 11.3. The fourth-order valence-corrected chi connectivity index (χ4v) is 3.24. The van der Waals surface area contributed by atoms with Crippen molar-refractivity contribution in [2.75, 3.05) is 6.61 Å². The zero-order valence-electron chi connectivity index (χ0n) is 18.7. The number of hydrogen-bond acceptors (Lipinski definition) is 6. The van der Waals surface area contributed by atoms with E-state index in [4.69, 9.17) is 9.47 Å². The Bertz CT molecular complexity index is 1280. The highest BCUT2D eigenvalue weighted by atomic mass is 16.5. The van der Waals surface area contributed by atoms with E-state index in [2.05, 4.69) is 19.9 Å².